The van der Waals surface area contributed by atoms with Crippen LogP contribution in [0.15, 0.2) is 0 Å². The Morgan fingerprint density at radius 3 is 2.12 bits per heavy atom. The van der Waals surface area contributed by atoms with Crippen molar-refractivity contribution < 1.29 is 4.39 Å². The average molecular weight is 206 g/mol. The van der Waals surface area contributed by atoms with Crippen LogP contribution in [0, 0.1) is 0 Å². The van der Waals surface area contributed by atoms with Gasteiger partial charge in [0.25, 0.3) is 0 Å². The second kappa shape index (κ2) is 4.53. The number of hydrogen-bond acceptors (Lipinski definition) is 1. The highest BCUT2D eigenvalue weighted by Gasteiger charge is 2.17. The van der Waals surface area contributed by atoms with Crippen LogP contribution in [0.4, 0.5) is 4.39 Å². The first-order valence-electron chi connectivity index (χ1n) is 2.07. The molecule has 0 aliphatic rings. The maximum atomic E-state index is 12.4. The van der Waals surface area contributed by atoms with Gasteiger partial charge in [-0.05, 0) is 6.92 Å². The van der Waals surface area contributed by atoms with Crippen molar-refractivity contribution in [3.05, 3.63) is 0 Å². The molecule has 0 aromatic rings. The monoisotopic (exact) mass is 205 g/mol. The molecule has 0 saturated heterocycles. The molecule has 1 unspecified atom stereocenters. The molecule has 0 aromatic heterocycles. The second-order valence-electron chi connectivity index (χ2n) is 1.75. The van der Waals surface area contributed by atoms with E-state index < -0.39 is 5.67 Å². The highest BCUT2D eigenvalue weighted by Crippen LogP contribution is 2.09. The zero-order valence-corrected chi connectivity index (χ0v) is 7.06. The summed E-state index contributed by atoms with van der Waals surface area (Å²) in [5, 5.41) is 0.316. The van der Waals surface area contributed by atoms with Crippen LogP contribution in [-0.4, -0.2) is 17.5 Å². The van der Waals surface area contributed by atoms with E-state index in [9.17, 15) is 4.39 Å². The molecule has 0 fully saturated rings. The third kappa shape index (κ3) is 4.81. The zero-order valence-electron chi connectivity index (χ0n) is 4.66. The molecule has 2 N–H and O–H groups in total. The van der Waals surface area contributed by atoms with E-state index in [1.165, 1.54) is 6.92 Å². The van der Waals surface area contributed by atoms with Gasteiger partial charge in [-0.2, -0.15) is 0 Å². The van der Waals surface area contributed by atoms with E-state index in [-0.39, 0.29) is 19.0 Å². The quantitative estimate of drug-likeness (QED) is 0.681. The van der Waals surface area contributed by atoms with Crippen molar-refractivity contribution in [1.29, 1.82) is 0 Å². The summed E-state index contributed by atoms with van der Waals surface area (Å²) in [4.78, 5) is 0. The van der Waals surface area contributed by atoms with Gasteiger partial charge in [-0.25, -0.2) is 4.39 Å². The van der Waals surface area contributed by atoms with Crippen LogP contribution in [0.2, 0.25) is 0 Å². The highest BCUT2D eigenvalue weighted by atomic mass is 79.9. The zero-order chi connectivity index (χ0) is 5.91. The van der Waals surface area contributed by atoms with Crippen LogP contribution in [0.3, 0.4) is 0 Å². The molecule has 0 aliphatic carbocycles. The summed E-state index contributed by atoms with van der Waals surface area (Å²) in [6, 6.07) is 0. The Hall–Kier alpha value is 0.660. The summed E-state index contributed by atoms with van der Waals surface area (Å²) >= 11 is 2.98. The molecule has 8 heavy (non-hydrogen) atoms. The predicted octanol–water partition coefficient (Wildman–Crippen LogP) is 1.49. The Kier molecular flexibility index (Phi) is 6.49. The summed E-state index contributed by atoms with van der Waals surface area (Å²) in [6.45, 7) is 1.54. The van der Waals surface area contributed by atoms with Gasteiger partial charge in [-0.1, -0.05) is 15.9 Å². The van der Waals surface area contributed by atoms with Gasteiger partial charge >= 0.3 is 0 Å². The van der Waals surface area contributed by atoms with E-state index in [4.69, 9.17) is 5.73 Å². The third-order valence-electron chi connectivity index (χ3n) is 0.704. The molecule has 0 amide bonds. The van der Waals surface area contributed by atoms with E-state index in [1.807, 2.05) is 0 Å². The summed E-state index contributed by atoms with van der Waals surface area (Å²) in [5.74, 6) is 0. The molecule has 52 valence electrons. The lowest BCUT2D eigenvalue weighted by atomic mass is 10.2. The summed E-state index contributed by atoms with van der Waals surface area (Å²) in [7, 11) is 0. The minimum atomic E-state index is -1.22. The minimum absolute atomic E-state index is 0. The maximum absolute atomic E-state index is 12.4. The number of rotatable bonds is 2. The minimum Gasteiger partial charge on any atom is -0.328 e. The van der Waals surface area contributed by atoms with Gasteiger partial charge in [0.15, 0.2) is 0 Å². The van der Waals surface area contributed by atoms with Crippen molar-refractivity contribution in [3.8, 4) is 0 Å². The molecule has 0 spiro atoms. The van der Waals surface area contributed by atoms with Gasteiger partial charge in [0.2, 0.25) is 0 Å². The Morgan fingerprint density at radius 2 is 2.12 bits per heavy atom. The van der Waals surface area contributed by atoms with Gasteiger partial charge in [0, 0.05) is 11.9 Å². The van der Waals surface area contributed by atoms with Crippen LogP contribution < -0.4 is 5.73 Å². The van der Waals surface area contributed by atoms with Crippen LogP contribution in [0.25, 0.3) is 0 Å². The largest absolute Gasteiger partial charge is 0.328 e. The lowest BCUT2D eigenvalue weighted by Crippen LogP contribution is -2.30. The fourth-order valence-corrected chi connectivity index (χ4v) is 0.283. The van der Waals surface area contributed by atoms with Gasteiger partial charge in [-0.15, -0.1) is 12.4 Å². The third-order valence-corrected chi connectivity index (χ3v) is 1.87. The highest BCUT2D eigenvalue weighted by molar-refractivity contribution is 9.09. The Morgan fingerprint density at radius 1 is 1.75 bits per heavy atom. The number of nitrogens with two attached hydrogens (primary N) is 1. The van der Waals surface area contributed by atoms with Crippen LogP contribution in [0.1, 0.15) is 6.92 Å². The van der Waals surface area contributed by atoms with Gasteiger partial charge in [0.1, 0.15) is 5.67 Å². The summed E-state index contributed by atoms with van der Waals surface area (Å²) in [5.41, 5.74) is 3.79. The molecule has 1 nitrogen and oxygen atoms in total. The van der Waals surface area contributed by atoms with Crippen LogP contribution >= 0.6 is 28.3 Å². The van der Waals surface area contributed by atoms with E-state index >= 15 is 0 Å². The Labute approximate surface area is 63.4 Å². The van der Waals surface area contributed by atoms with Gasteiger partial charge in [-0.3, -0.25) is 0 Å². The molecule has 0 radical (unpaired) electrons. The van der Waals surface area contributed by atoms with E-state index in [1.54, 1.807) is 0 Å². The number of halogens is 3. The summed E-state index contributed by atoms with van der Waals surface area (Å²) < 4.78 is 12.4. The SMILES string of the molecule is CC(F)(CN)CBr.Cl. The standard InChI is InChI=1S/C4H9BrFN.ClH/c1-4(6,2-5)3-7;/h2-3,7H2,1H3;1H. The molecule has 0 bridgehead atoms. The Bertz CT molecular complexity index is 54.0. The number of hydrogen-bond donors (Lipinski definition) is 1. The van der Waals surface area contributed by atoms with E-state index in [2.05, 4.69) is 15.9 Å². The molecule has 0 aromatic carbocycles. The van der Waals surface area contributed by atoms with E-state index in [0.717, 1.165) is 0 Å². The first kappa shape index (κ1) is 11.5. The van der Waals surface area contributed by atoms with E-state index in [0.29, 0.717) is 5.33 Å². The second-order valence-corrected chi connectivity index (χ2v) is 2.31. The molecule has 1 atom stereocenters. The van der Waals surface area contributed by atoms with Gasteiger partial charge < -0.3 is 5.73 Å². The summed E-state index contributed by atoms with van der Waals surface area (Å²) in [6.07, 6.45) is 0. The van der Waals surface area contributed by atoms with Crippen LogP contribution in [-0.2, 0) is 0 Å². The van der Waals surface area contributed by atoms with Crippen LogP contribution in [0.5, 0.6) is 0 Å². The van der Waals surface area contributed by atoms with Crippen molar-refractivity contribution in [3.63, 3.8) is 0 Å². The van der Waals surface area contributed by atoms with Crippen molar-refractivity contribution >= 4 is 28.3 Å². The first-order valence-corrected chi connectivity index (χ1v) is 3.19. The molecular formula is C4H10BrClFN. The van der Waals surface area contributed by atoms with Crippen molar-refractivity contribution in [2.75, 3.05) is 11.9 Å². The molecule has 0 saturated carbocycles. The predicted molar refractivity (Wildman–Crippen MR) is 39.6 cm³/mol. The smallest absolute Gasteiger partial charge is 0.130 e. The molecule has 0 rings (SSSR count). The van der Waals surface area contributed by atoms with Crippen molar-refractivity contribution in [2.24, 2.45) is 5.73 Å². The van der Waals surface area contributed by atoms with Gasteiger partial charge in [0.05, 0.1) is 0 Å². The maximum Gasteiger partial charge on any atom is 0.130 e. The lowest BCUT2D eigenvalue weighted by Gasteiger charge is -2.11. The Balaban J connectivity index is 0. The topological polar surface area (TPSA) is 26.0 Å². The normalized spacial score (nSPS) is 16.5. The fraction of sp³-hybridized carbons (Fsp3) is 1.00. The molecular weight excluding hydrogens is 196 g/mol. The first-order chi connectivity index (χ1) is 3.12. The molecule has 0 heterocycles. The van der Waals surface area contributed by atoms with Crippen molar-refractivity contribution in [1.82, 2.24) is 0 Å². The van der Waals surface area contributed by atoms with Crippen molar-refractivity contribution in [2.45, 2.75) is 12.6 Å². The molecule has 4 heteroatoms. The lowest BCUT2D eigenvalue weighted by molar-refractivity contribution is 0.236. The number of alkyl halides is 2. The fourth-order valence-electron chi connectivity index (χ4n) is 0.0546. The molecule has 0 aliphatic heterocycles. The average Bonchev–Trinajstić information content (AvgIpc) is 1.68.